The van der Waals surface area contributed by atoms with Crippen molar-refractivity contribution in [1.29, 1.82) is 0 Å². The van der Waals surface area contributed by atoms with Crippen LogP contribution in [0.15, 0.2) is 29.3 Å². The molecule has 0 fully saturated rings. The largest absolute Gasteiger partial charge is 0.396 e. The van der Waals surface area contributed by atoms with E-state index in [2.05, 4.69) is 29.5 Å². The Bertz CT molecular complexity index is 507. The Hall–Kier alpha value is -0.890. The summed E-state index contributed by atoms with van der Waals surface area (Å²) in [6.07, 6.45) is 3.35. The minimum Gasteiger partial charge on any atom is -0.396 e. The Kier molecular flexibility index (Phi) is 12.9. The molecule has 1 rings (SSSR count). The lowest BCUT2D eigenvalue weighted by Crippen LogP contribution is -2.39. The SMILES string of the molecule is CCNC(=NCC(CC)(CC)CCO)NCCc1ccccc1F.I. The van der Waals surface area contributed by atoms with Gasteiger partial charge in [0, 0.05) is 26.2 Å². The highest BCUT2D eigenvalue weighted by molar-refractivity contribution is 14.0. The number of aliphatic hydroxyl groups is 1. The first-order valence-electron chi connectivity index (χ1n) is 8.97. The fourth-order valence-corrected chi connectivity index (χ4v) is 2.75. The van der Waals surface area contributed by atoms with Crippen LogP contribution in [-0.4, -0.2) is 37.3 Å². The second kappa shape index (κ2) is 13.3. The molecular weight excluding hydrogens is 432 g/mol. The van der Waals surface area contributed by atoms with Gasteiger partial charge >= 0.3 is 0 Å². The van der Waals surface area contributed by atoms with E-state index in [9.17, 15) is 9.50 Å². The van der Waals surface area contributed by atoms with Gasteiger partial charge in [-0.05, 0) is 49.7 Å². The molecule has 25 heavy (non-hydrogen) atoms. The summed E-state index contributed by atoms with van der Waals surface area (Å²) < 4.78 is 13.6. The van der Waals surface area contributed by atoms with E-state index in [1.54, 1.807) is 6.07 Å². The molecule has 144 valence electrons. The van der Waals surface area contributed by atoms with Gasteiger partial charge in [0.15, 0.2) is 5.96 Å². The smallest absolute Gasteiger partial charge is 0.191 e. The van der Waals surface area contributed by atoms with Crippen molar-refractivity contribution in [1.82, 2.24) is 10.6 Å². The van der Waals surface area contributed by atoms with Crippen LogP contribution in [0.4, 0.5) is 4.39 Å². The van der Waals surface area contributed by atoms with Gasteiger partial charge < -0.3 is 15.7 Å². The summed E-state index contributed by atoms with van der Waals surface area (Å²) in [4.78, 5) is 4.69. The van der Waals surface area contributed by atoms with E-state index in [0.717, 1.165) is 31.8 Å². The molecule has 0 aliphatic rings. The van der Waals surface area contributed by atoms with Gasteiger partial charge in [-0.25, -0.2) is 4.39 Å². The number of nitrogens with one attached hydrogen (secondary N) is 2. The monoisotopic (exact) mass is 465 g/mol. The molecule has 0 amide bonds. The number of aliphatic imine (C=N–C) groups is 1. The lowest BCUT2D eigenvalue weighted by Gasteiger charge is -2.29. The summed E-state index contributed by atoms with van der Waals surface area (Å²) in [5.74, 6) is 0.582. The molecule has 0 spiro atoms. The second-order valence-electron chi connectivity index (χ2n) is 6.14. The topological polar surface area (TPSA) is 56.7 Å². The van der Waals surface area contributed by atoms with Crippen LogP contribution in [0.1, 0.15) is 45.6 Å². The Morgan fingerprint density at radius 2 is 1.84 bits per heavy atom. The highest BCUT2D eigenvalue weighted by Gasteiger charge is 2.25. The molecule has 0 aliphatic heterocycles. The molecule has 0 radical (unpaired) electrons. The fraction of sp³-hybridized carbons (Fsp3) is 0.632. The van der Waals surface area contributed by atoms with Gasteiger partial charge in [-0.3, -0.25) is 4.99 Å². The molecule has 0 unspecified atom stereocenters. The fourth-order valence-electron chi connectivity index (χ4n) is 2.75. The lowest BCUT2D eigenvalue weighted by atomic mass is 9.79. The summed E-state index contributed by atoms with van der Waals surface area (Å²) in [6.45, 7) is 8.58. The molecule has 1 aromatic rings. The van der Waals surface area contributed by atoms with Crippen LogP contribution in [-0.2, 0) is 6.42 Å². The second-order valence-corrected chi connectivity index (χ2v) is 6.14. The predicted octanol–water partition coefficient (Wildman–Crippen LogP) is 3.73. The number of guanidine groups is 1. The normalized spacial score (nSPS) is 11.8. The van der Waals surface area contributed by atoms with Crippen LogP contribution in [0.25, 0.3) is 0 Å². The molecule has 0 bridgehead atoms. The van der Waals surface area contributed by atoms with Gasteiger partial charge in [-0.2, -0.15) is 0 Å². The van der Waals surface area contributed by atoms with E-state index < -0.39 is 0 Å². The molecule has 0 aromatic heterocycles. The van der Waals surface area contributed by atoms with Gasteiger partial charge in [-0.1, -0.05) is 32.0 Å². The quantitative estimate of drug-likeness (QED) is 0.281. The van der Waals surface area contributed by atoms with E-state index in [1.807, 2.05) is 19.1 Å². The van der Waals surface area contributed by atoms with Crippen molar-refractivity contribution in [3.8, 4) is 0 Å². The Morgan fingerprint density at radius 3 is 2.40 bits per heavy atom. The molecule has 1 aromatic carbocycles. The highest BCUT2D eigenvalue weighted by Crippen LogP contribution is 2.30. The van der Waals surface area contributed by atoms with Crippen LogP contribution in [0.3, 0.4) is 0 Å². The third kappa shape index (κ3) is 8.35. The zero-order valence-corrected chi connectivity index (χ0v) is 18.0. The Balaban J connectivity index is 0.00000576. The maximum Gasteiger partial charge on any atom is 0.191 e. The molecular formula is C19H33FIN3O. The minimum absolute atomic E-state index is 0. The van der Waals surface area contributed by atoms with E-state index in [4.69, 9.17) is 0 Å². The molecule has 0 saturated heterocycles. The van der Waals surface area contributed by atoms with Crippen LogP contribution in [0.2, 0.25) is 0 Å². The minimum atomic E-state index is -0.167. The van der Waals surface area contributed by atoms with Gasteiger partial charge in [0.2, 0.25) is 0 Å². The number of hydrogen-bond acceptors (Lipinski definition) is 2. The van der Waals surface area contributed by atoms with Crippen molar-refractivity contribution in [2.24, 2.45) is 10.4 Å². The molecule has 3 N–H and O–H groups in total. The predicted molar refractivity (Wildman–Crippen MR) is 114 cm³/mol. The first-order valence-corrected chi connectivity index (χ1v) is 8.97. The standard InChI is InChI=1S/C19H32FN3O.HI/c1-4-19(5-2,12-14-24)15-23-18(21-6-3)22-13-11-16-9-7-8-10-17(16)20;/h7-10,24H,4-6,11-15H2,1-3H3,(H2,21,22,23);1H. The van der Waals surface area contributed by atoms with Crippen molar-refractivity contribution >= 4 is 29.9 Å². The molecule has 0 atom stereocenters. The third-order valence-electron chi connectivity index (χ3n) is 4.70. The number of benzene rings is 1. The maximum atomic E-state index is 13.6. The number of hydrogen-bond donors (Lipinski definition) is 3. The maximum absolute atomic E-state index is 13.6. The zero-order valence-electron chi connectivity index (χ0n) is 15.6. The molecule has 0 heterocycles. The van der Waals surface area contributed by atoms with Crippen molar-refractivity contribution < 1.29 is 9.50 Å². The van der Waals surface area contributed by atoms with E-state index in [0.29, 0.717) is 25.1 Å². The third-order valence-corrected chi connectivity index (χ3v) is 4.70. The summed E-state index contributed by atoms with van der Waals surface area (Å²) in [5, 5.41) is 15.8. The van der Waals surface area contributed by atoms with Crippen molar-refractivity contribution in [3.63, 3.8) is 0 Å². The Labute approximate surface area is 168 Å². The van der Waals surface area contributed by atoms with Crippen LogP contribution >= 0.6 is 24.0 Å². The molecule has 0 saturated carbocycles. The van der Waals surface area contributed by atoms with E-state index in [1.165, 1.54) is 6.07 Å². The Morgan fingerprint density at radius 1 is 1.16 bits per heavy atom. The summed E-state index contributed by atoms with van der Waals surface area (Å²) >= 11 is 0. The van der Waals surface area contributed by atoms with Crippen molar-refractivity contribution in [2.45, 2.75) is 46.5 Å². The van der Waals surface area contributed by atoms with Crippen LogP contribution in [0.5, 0.6) is 0 Å². The first-order chi connectivity index (χ1) is 11.6. The van der Waals surface area contributed by atoms with Crippen molar-refractivity contribution in [2.75, 3.05) is 26.2 Å². The molecule has 0 aliphatic carbocycles. The lowest BCUT2D eigenvalue weighted by molar-refractivity contribution is 0.175. The summed E-state index contributed by atoms with van der Waals surface area (Å²) in [6, 6.07) is 6.85. The van der Waals surface area contributed by atoms with Crippen LogP contribution in [0, 0.1) is 11.2 Å². The van der Waals surface area contributed by atoms with Gasteiger partial charge in [-0.15, -0.1) is 24.0 Å². The summed E-state index contributed by atoms with van der Waals surface area (Å²) in [5.41, 5.74) is 0.750. The molecule has 6 heteroatoms. The van der Waals surface area contributed by atoms with E-state index in [-0.39, 0.29) is 41.8 Å². The van der Waals surface area contributed by atoms with Crippen molar-refractivity contribution in [3.05, 3.63) is 35.6 Å². The average Bonchev–Trinajstić information content (AvgIpc) is 2.60. The first kappa shape index (κ1) is 24.1. The molecule has 4 nitrogen and oxygen atoms in total. The van der Waals surface area contributed by atoms with Crippen LogP contribution < -0.4 is 10.6 Å². The van der Waals surface area contributed by atoms with Gasteiger partial charge in [0.05, 0.1) is 0 Å². The number of rotatable bonds is 10. The summed E-state index contributed by atoms with van der Waals surface area (Å²) in [7, 11) is 0. The van der Waals surface area contributed by atoms with Gasteiger partial charge in [0.25, 0.3) is 0 Å². The highest BCUT2D eigenvalue weighted by atomic mass is 127. The number of halogens is 2. The number of aliphatic hydroxyl groups excluding tert-OH is 1. The average molecular weight is 465 g/mol. The van der Waals surface area contributed by atoms with Gasteiger partial charge in [0.1, 0.15) is 5.82 Å². The zero-order chi connectivity index (χ0) is 17.8. The number of nitrogens with zero attached hydrogens (tertiary/aromatic N) is 1. The van der Waals surface area contributed by atoms with E-state index >= 15 is 0 Å².